The largest absolute Gasteiger partial charge is 0.445 e. The predicted octanol–water partition coefficient (Wildman–Crippen LogP) is 7.52. The number of aromatic nitrogens is 4. The van der Waals surface area contributed by atoms with Gasteiger partial charge >= 0.3 is 6.09 Å². The molecule has 228 valence electrons. The standard InChI is InChI=1S/C37H38N6O2/c44-37(45-23-24-7-2-1-3-8-24)43-20-6-12-33(43)36-39-22-32(41-36)26-15-13-25(14-16-26)27-17-18-29-28(21-27)9-4-10-30-34(29)42-35(40-30)31-11-5-19-38-31/h1-3,7-8,13-18,21-22,31,33,38H,4-6,9-12,19-20,23H2,(H,39,41)(H,40,42)/t31-,33-/m0/s1. The number of imidazole rings is 2. The summed E-state index contributed by atoms with van der Waals surface area (Å²) in [5, 5.41) is 3.58. The zero-order valence-electron chi connectivity index (χ0n) is 25.4. The van der Waals surface area contributed by atoms with Gasteiger partial charge < -0.3 is 20.0 Å². The van der Waals surface area contributed by atoms with Gasteiger partial charge in [0, 0.05) is 17.8 Å². The third kappa shape index (κ3) is 5.55. The molecule has 0 radical (unpaired) electrons. The van der Waals surface area contributed by atoms with Gasteiger partial charge in [0.15, 0.2) is 0 Å². The van der Waals surface area contributed by atoms with Gasteiger partial charge in [-0.25, -0.2) is 14.8 Å². The molecule has 2 saturated heterocycles. The number of carbonyl (C=O) groups is 1. The molecule has 1 aliphatic carbocycles. The van der Waals surface area contributed by atoms with Crippen molar-refractivity contribution in [1.29, 1.82) is 0 Å². The summed E-state index contributed by atoms with van der Waals surface area (Å²) < 4.78 is 5.63. The van der Waals surface area contributed by atoms with Crippen molar-refractivity contribution in [3.8, 4) is 33.6 Å². The van der Waals surface area contributed by atoms with Gasteiger partial charge in [-0.1, -0.05) is 72.8 Å². The Hall–Kier alpha value is -4.69. The highest BCUT2D eigenvalue weighted by Crippen LogP contribution is 2.37. The van der Waals surface area contributed by atoms with Crippen molar-refractivity contribution in [2.24, 2.45) is 0 Å². The van der Waals surface area contributed by atoms with E-state index in [0.29, 0.717) is 12.6 Å². The lowest BCUT2D eigenvalue weighted by Crippen LogP contribution is -2.31. The van der Waals surface area contributed by atoms with Crippen LogP contribution in [-0.2, 0) is 24.2 Å². The van der Waals surface area contributed by atoms with Gasteiger partial charge in [0.1, 0.15) is 18.3 Å². The summed E-state index contributed by atoms with van der Waals surface area (Å²) in [4.78, 5) is 31.7. The topological polar surface area (TPSA) is 98.9 Å². The summed E-state index contributed by atoms with van der Waals surface area (Å²) in [6, 6.07) is 25.5. The van der Waals surface area contributed by atoms with Crippen LogP contribution in [0.15, 0.2) is 79.0 Å². The minimum atomic E-state index is -0.292. The van der Waals surface area contributed by atoms with Crippen molar-refractivity contribution in [2.75, 3.05) is 13.1 Å². The van der Waals surface area contributed by atoms with Crippen molar-refractivity contribution in [1.82, 2.24) is 30.2 Å². The number of H-pyrrole nitrogens is 2. The molecule has 8 rings (SSSR count). The fourth-order valence-corrected chi connectivity index (χ4v) is 7.15. The second-order valence-electron chi connectivity index (χ2n) is 12.5. The second-order valence-corrected chi connectivity index (χ2v) is 12.5. The van der Waals surface area contributed by atoms with Crippen LogP contribution in [0, 0.1) is 0 Å². The molecule has 2 aliphatic heterocycles. The first kappa shape index (κ1) is 27.8. The van der Waals surface area contributed by atoms with Crippen molar-refractivity contribution < 1.29 is 9.53 Å². The van der Waals surface area contributed by atoms with E-state index in [1.807, 2.05) is 36.5 Å². The molecule has 2 atom stereocenters. The van der Waals surface area contributed by atoms with Gasteiger partial charge in [-0.3, -0.25) is 4.90 Å². The molecule has 0 unspecified atom stereocenters. The lowest BCUT2D eigenvalue weighted by atomic mass is 9.95. The molecule has 45 heavy (non-hydrogen) atoms. The average molecular weight is 599 g/mol. The third-order valence-corrected chi connectivity index (χ3v) is 9.55. The van der Waals surface area contributed by atoms with Crippen LogP contribution < -0.4 is 5.32 Å². The number of amides is 1. The molecule has 3 aliphatic rings. The van der Waals surface area contributed by atoms with Gasteiger partial charge in [-0.05, 0) is 79.3 Å². The molecule has 1 amide bonds. The number of fused-ring (bicyclic) bond motifs is 3. The van der Waals surface area contributed by atoms with Crippen LogP contribution in [0.25, 0.3) is 33.6 Å². The van der Waals surface area contributed by atoms with Gasteiger partial charge in [0.05, 0.1) is 29.7 Å². The maximum absolute atomic E-state index is 12.9. The van der Waals surface area contributed by atoms with E-state index in [1.165, 1.54) is 34.4 Å². The van der Waals surface area contributed by atoms with E-state index in [2.05, 4.69) is 57.7 Å². The molecule has 5 aromatic rings. The van der Waals surface area contributed by atoms with Crippen molar-refractivity contribution in [3.05, 3.63) is 107 Å². The van der Waals surface area contributed by atoms with Crippen LogP contribution >= 0.6 is 0 Å². The van der Waals surface area contributed by atoms with E-state index in [-0.39, 0.29) is 18.7 Å². The summed E-state index contributed by atoms with van der Waals surface area (Å²) in [6.45, 7) is 2.01. The first-order chi connectivity index (χ1) is 22.2. The monoisotopic (exact) mass is 598 g/mol. The molecule has 0 bridgehead atoms. The SMILES string of the molecule is O=C(OCc1ccccc1)N1CCC[C@H]1c1ncc(-c2ccc(-c3ccc4c(c3)CCCc3[nH]c([C@@H]5CCCN5)nc3-4)cc2)[nH]1. The van der Waals surface area contributed by atoms with E-state index in [4.69, 9.17) is 14.7 Å². The van der Waals surface area contributed by atoms with Gasteiger partial charge in [0.2, 0.25) is 0 Å². The summed E-state index contributed by atoms with van der Waals surface area (Å²) in [6.07, 6.45) is 8.94. The number of benzene rings is 3. The van der Waals surface area contributed by atoms with Gasteiger partial charge in [-0.2, -0.15) is 0 Å². The van der Waals surface area contributed by atoms with Gasteiger partial charge in [0.25, 0.3) is 0 Å². The van der Waals surface area contributed by atoms with Crippen LogP contribution in [0.2, 0.25) is 0 Å². The van der Waals surface area contributed by atoms with E-state index < -0.39 is 0 Å². The first-order valence-electron chi connectivity index (χ1n) is 16.3. The maximum atomic E-state index is 12.9. The Morgan fingerprint density at radius 2 is 1.71 bits per heavy atom. The van der Waals surface area contributed by atoms with E-state index in [9.17, 15) is 4.79 Å². The highest BCUT2D eigenvalue weighted by Gasteiger charge is 2.33. The minimum Gasteiger partial charge on any atom is -0.445 e. The molecule has 8 heteroatoms. The molecule has 0 saturated carbocycles. The Balaban J connectivity index is 0.969. The number of hydrogen-bond acceptors (Lipinski definition) is 5. The van der Waals surface area contributed by atoms with Crippen LogP contribution in [0.4, 0.5) is 4.79 Å². The lowest BCUT2D eigenvalue weighted by molar-refractivity contribution is 0.0910. The number of hydrogen-bond donors (Lipinski definition) is 3. The zero-order valence-corrected chi connectivity index (χ0v) is 25.4. The number of nitrogens with zero attached hydrogens (tertiary/aromatic N) is 3. The molecule has 0 spiro atoms. The Morgan fingerprint density at radius 3 is 2.56 bits per heavy atom. The number of aryl methyl sites for hydroxylation is 2. The summed E-state index contributed by atoms with van der Waals surface area (Å²) in [5.41, 5.74) is 10.4. The Labute approximate surface area is 263 Å². The Kier molecular flexibility index (Phi) is 7.43. The van der Waals surface area contributed by atoms with Crippen LogP contribution in [-0.4, -0.2) is 44.0 Å². The van der Waals surface area contributed by atoms with Crippen molar-refractivity contribution in [2.45, 2.75) is 63.6 Å². The molecule has 4 heterocycles. The molecule has 8 nitrogen and oxygen atoms in total. The first-order valence-corrected chi connectivity index (χ1v) is 16.3. The van der Waals surface area contributed by atoms with E-state index in [0.717, 1.165) is 79.2 Å². The van der Waals surface area contributed by atoms with Crippen LogP contribution in [0.5, 0.6) is 0 Å². The van der Waals surface area contributed by atoms with Gasteiger partial charge in [-0.15, -0.1) is 0 Å². The normalized spacial score (nSPS) is 19.2. The number of likely N-dealkylation sites (tertiary alicyclic amines) is 1. The van der Waals surface area contributed by atoms with Crippen LogP contribution in [0.3, 0.4) is 0 Å². The summed E-state index contributed by atoms with van der Waals surface area (Å²) in [5.74, 6) is 1.90. The molecule has 2 aromatic heterocycles. The minimum absolute atomic E-state index is 0.110. The summed E-state index contributed by atoms with van der Waals surface area (Å²) in [7, 11) is 0. The Morgan fingerprint density at radius 1 is 0.867 bits per heavy atom. The highest BCUT2D eigenvalue weighted by atomic mass is 16.6. The molecular formula is C37H38N6O2. The highest BCUT2D eigenvalue weighted by molar-refractivity contribution is 5.75. The number of nitrogens with one attached hydrogen (secondary N) is 3. The van der Waals surface area contributed by atoms with Crippen molar-refractivity contribution >= 4 is 6.09 Å². The quantitative estimate of drug-likeness (QED) is 0.188. The second kappa shape index (κ2) is 12.0. The molecule has 3 N–H and O–H groups in total. The number of rotatable bonds is 6. The molecule has 3 aromatic carbocycles. The fraction of sp³-hybridized carbons (Fsp3) is 0.324. The van der Waals surface area contributed by atoms with Crippen molar-refractivity contribution in [3.63, 3.8) is 0 Å². The fourth-order valence-electron chi connectivity index (χ4n) is 7.15. The van der Waals surface area contributed by atoms with E-state index in [1.54, 1.807) is 4.90 Å². The third-order valence-electron chi connectivity index (χ3n) is 9.55. The molecular weight excluding hydrogens is 560 g/mol. The number of ether oxygens (including phenoxy) is 1. The van der Waals surface area contributed by atoms with E-state index >= 15 is 0 Å². The predicted molar refractivity (Wildman–Crippen MR) is 174 cm³/mol. The molecule has 2 fully saturated rings. The van der Waals surface area contributed by atoms with Crippen LogP contribution in [0.1, 0.15) is 72.7 Å². The maximum Gasteiger partial charge on any atom is 0.410 e. The number of carbonyl (C=O) groups excluding carboxylic acids is 1. The smallest absolute Gasteiger partial charge is 0.410 e. The number of aromatic amines is 2. The summed E-state index contributed by atoms with van der Waals surface area (Å²) >= 11 is 0. The average Bonchev–Trinajstić information content (AvgIpc) is 3.91. The zero-order chi connectivity index (χ0) is 30.2. The lowest BCUT2D eigenvalue weighted by Gasteiger charge is -2.22. The Bertz CT molecular complexity index is 1800.